The van der Waals surface area contributed by atoms with Crippen molar-refractivity contribution >= 4 is 27.0 Å². The Morgan fingerprint density at radius 3 is 2.85 bits per heavy atom. The lowest BCUT2D eigenvalue weighted by Crippen LogP contribution is -2.01. The van der Waals surface area contributed by atoms with E-state index in [1.54, 1.807) is 12.4 Å². The second kappa shape index (κ2) is 3.10. The molecule has 2 rings (SSSR count). The summed E-state index contributed by atoms with van der Waals surface area (Å²) in [5.74, 6) is 0. The molecule has 3 nitrogen and oxygen atoms in total. The lowest BCUT2D eigenvalue weighted by molar-refractivity contribution is 0.551. The van der Waals surface area contributed by atoms with Gasteiger partial charge in [0.2, 0.25) is 0 Å². The third-order valence-electron chi connectivity index (χ3n) is 1.90. The minimum Gasteiger partial charge on any atom is -0.261 e. The molecule has 2 aromatic heterocycles. The molecule has 0 N–H and O–H groups in total. The summed E-state index contributed by atoms with van der Waals surface area (Å²) in [7, 11) is 0. The average molecular weight is 240 g/mol. The molecule has 0 amide bonds. The number of hydrogen-bond donors (Lipinski definition) is 0. The third kappa shape index (κ3) is 1.46. The predicted octanol–water partition coefficient (Wildman–Crippen LogP) is 2.77. The van der Waals surface area contributed by atoms with Crippen molar-refractivity contribution in [2.45, 2.75) is 19.9 Å². The van der Waals surface area contributed by atoms with E-state index in [0.717, 1.165) is 15.5 Å². The van der Waals surface area contributed by atoms with Crippen molar-refractivity contribution in [3.63, 3.8) is 0 Å². The number of nitrogens with zero attached hydrogens (tertiary/aromatic N) is 3. The van der Waals surface area contributed by atoms with E-state index in [-0.39, 0.29) is 0 Å². The summed E-state index contributed by atoms with van der Waals surface area (Å²) >= 11 is 3.40. The van der Waals surface area contributed by atoms with E-state index in [1.165, 1.54) is 0 Å². The van der Waals surface area contributed by atoms with E-state index in [4.69, 9.17) is 0 Å². The average Bonchev–Trinajstić information content (AvgIpc) is 2.46. The zero-order valence-corrected chi connectivity index (χ0v) is 9.12. The van der Waals surface area contributed by atoms with Gasteiger partial charge in [-0.25, -0.2) is 0 Å². The van der Waals surface area contributed by atoms with Crippen LogP contribution in [0.25, 0.3) is 11.0 Å². The van der Waals surface area contributed by atoms with Gasteiger partial charge in [-0.05, 0) is 35.8 Å². The van der Waals surface area contributed by atoms with Crippen LogP contribution in [-0.2, 0) is 0 Å². The largest absolute Gasteiger partial charge is 0.261 e. The minimum absolute atomic E-state index is 0.369. The molecule has 0 bridgehead atoms. The number of pyridine rings is 1. The molecular formula is C9H10BrN3. The third-order valence-corrected chi connectivity index (χ3v) is 2.34. The Kier molecular flexibility index (Phi) is 2.07. The van der Waals surface area contributed by atoms with Crippen LogP contribution in [0.15, 0.2) is 22.9 Å². The highest BCUT2D eigenvalue weighted by Gasteiger charge is 2.06. The number of hydrogen-bond acceptors (Lipinski definition) is 2. The van der Waals surface area contributed by atoms with Gasteiger partial charge < -0.3 is 0 Å². The monoisotopic (exact) mass is 239 g/mol. The van der Waals surface area contributed by atoms with E-state index in [2.05, 4.69) is 39.9 Å². The fraction of sp³-hybridized carbons (Fsp3) is 0.333. The maximum Gasteiger partial charge on any atom is 0.108 e. The van der Waals surface area contributed by atoms with Gasteiger partial charge in [-0.1, -0.05) is 0 Å². The number of aromatic nitrogens is 3. The Balaban J connectivity index is 2.71. The van der Waals surface area contributed by atoms with Crippen molar-refractivity contribution in [2.24, 2.45) is 0 Å². The molecule has 0 aliphatic rings. The Labute approximate surface area is 84.9 Å². The van der Waals surface area contributed by atoms with Crippen LogP contribution in [0, 0.1) is 0 Å². The van der Waals surface area contributed by atoms with Gasteiger partial charge in [-0.2, -0.15) is 5.10 Å². The van der Waals surface area contributed by atoms with Gasteiger partial charge in [0, 0.05) is 16.7 Å². The van der Waals surface area contributed by atoms with Crippen LogP contribution in [0.4, 0.5) is 0 Å². The molecule has 0 spiro atoms. The number of rotatable bonds is 1. The minimum atomic E-state index is 0.369. The fourth-order valence-electron chi connectivity index (χ4n) is 1.31. The maximum atomic E-state index is 4.27. The van der Waals surface area contributed by atoms with Crippen LogP contribution in [-0.4, -0.2) is 14.8 Å². The van der Waals surface area contributed by atoms with Crippen LogP contribution in [0.5, 0.6) is 0 Å². The van der Waals surface area contributed by atoms with Gasteiger partial charge in [-0.3, -0.25) is 9.67 Å². The summed E-state index contributed by atoms with van der Waals surface area (Å²) < 4.78 is 2.95. The van der Waals surface area contributed by atoms with Crippen LogP contribution < -0.4 is 0 Å². The van der Waals surface area contributed by atoms with Gasteiger partial charge in [0.15, 0.2) is 0 Å². The molecule has 0 atom stereocenters. The van der Waals surface area contributed by atoms with E-state index in [0.29, 0.717) is 6.04 Å². The van der Waals surface area contributed by atoms with Crippen molar-refractivity contribution in [3.8, 4) is 0 Å². The lowest BCUT2D eigenvalue weighted by atomic mass is 10.3. The zero-order valence-electron chi connectivity index (χ0n) is 7.53. The van der Waals surface area contributed by atoms with Gasteiger partial charge in [-0.15, -0.1) is 0 Å². The van der Waals surface area contributed by atoms with Crippen molar-refractivity contribution in [1.82, 2.24) is 14.8 Å². The summed E-state index contributed by atoms with van der Waals surface area (Å²) in [6, 6.07) is 2.41. The quantitative estimate of drug-likeness (QED) is 0.767. The smallest absolute Gasteiger partial charge is 0.108 e. The topological polar surface area (TPSA) is 30.7 Å². The van der Waals surface area contributed by atoms with Crippen LogP contribution >= 0.6 is 15.9 Å². The van der Waals surface area contributed by atoms with Gasteiger partial charge >= 0.3 is 0 Å². The zero-order chi connectivity index (χ0) is 9.42. The highest BCUT2D eigenvalue weighted by Crippen LogP contribution is 2.19. The van der Waals surface area contributed by atoms with Gasteiger partial charge in [0.25, 0.3) is 0 Å². The van der Waals surface area contributed by atoms with Crippen molar-refractivity contribution in [1.29, 1.82) is 0 Å². The Hall–Kier alpha value is -0.900. The molecule has 4 heteroatoms. The summed E-state index contributed by atoms with van der Waals surface area (Å²) in [6.07, 6.45) is 3.58. The molecule has 0 saturated heterocycles. The fourth-order valence-corrected chi connectivity index (χ4v) is 1.63. The normalized spacial score (nSPS) is 11.4. The van der Waals surface area contributed by atoms with E-state index in [9.17, 15) is 0 Å². The van der Waals surface area contributed by atoms with Crippen LogP contribution in [0.1, 0.15) is 19.9 Å². The summed E-state index contributed by atoms with van der Waals surface area (Å²) in [6.45, 7) is 4.21. The van der Waals surface area contributed by atoms with Gasteiger partial charge in [0.05, 0.1) is 11.7 Å². The Morgan fingerprint density at radius 1 is 1.38 bits per heavy atom. The molecule has 2 aromatic rings. The lowest BCUT2D eigenvalue weighted by Gasteiger charge is -2.06. The molecule has 68 valence electrons. The molecule has 0 aromatic carbocycles. The van der Waals surface area contributed by atoms with Crippen molar-refractivity contribution in [2.75, 3.05) is 0 Å². The Morgan fingerprint density at radius 2 is 2.15 bits per heavy atom. The van der Waals surface area contributed by atoms with E-state index in [1.807, 2.05) is 10.7 Å². The van der Waals surface area contributed by atoms with Crippen LogP contribution in [0.2, 0.25) is 0 Å². The SMILES string of the molecule is CC(C)n1ncc2ncc(Br)cc21. The Bertz CT molecular complexity index is 433. The molecule has 0 radical (unpaired) electrons. The first-order chi connectivity index (χ1) is 6.18. The molecule has 0 fully saturated rings. The summed E-state index contributed by atoms with van der Waals surface area (Å²) in [5.41, 5.74) is 2.02. The molecule has 0 unspecified atom stereocenters. The molecule has 0 saturated carbocycles. The highest BCUT2D eigenvalue weighted by molar-refractivity contribution is 9.10. The maximum absolute atomic E-state index is 4.27. The number of halogens is 1. The van der Waals surface area contributed by atoms with Crippen molar-refractivity contribution < 1.29 is 0 Å². The first-order valence-corrected chi connectivity index (χ1v) is 4.96. The standard InChI is InChI=1S/C9H10BrN3/c1-6(2)13-9-3-7(10)4-11-8(9)5-12-13/h3-6H,1-2H3. The first-order valence-electron chi connectivity index (χ1n) is 4.17. The second-order valence-corrected chi connectivity index (χ2v) is 4.16. The first kappa shape index (κ1) is 8.69. The van der Waals surface area contributed by atoms with Crippen molar-refractivity contribution in [3.05, 3.63) is 22.9 Å². The summed E-state index contributed by atoms with van der Waals surface area (Å²) in [5, 5.41) is 4.27. The molecule has 2 heterocycles. The molecule has 0 aliphatic carbocycles. The van der Waals surface area contributed by atoms with Crippen LogP contribution in [0.3, 0.4) is 0 Å². The summed E-state index contributed by atoms with van der Waals surface area (Å²) in [4.78, 5) is 4.25. The highest BCUT2D eigenvalue weighted by atomic mass is 79.9. The molecular weight excluding hydrogens is 230 g/mol. The molecule has 0 aliphatic heterocycles. The van der Waals surface area contributed by atoms with Gasteiger partial charge in [0.1, 0.15) is 5.52 Å². The molecule has 13 heavy (non-hydrogen) atoms. The van der Waals surface area contributed by atoms with E-state index >= 15 is 0 Å². The van der Waals surface area contributed by atoms with E-state index < -0.39 is 0 Å². The predicted molar refractivity (Wildman–Crippen MR) is 55.6 cm³/mol. The number of fused-ring (bicyclic) bond motifs is 1. The second-order valence-electron chi connectivity index (χ2n) is 3.24.